The molecule has 2 aromatic rings. The van der Waals surface area contributed by atoms with Gasteiger partial charge in [0.25, 0.3) is 0 Å². The molecule has 0 N–H and O–H groups in total. The Bertz CT molecular complexity index is 825. The molecule has 2 aromatic carbocycles. The van der Waals surface area contributed by atoms with Crippen LogP contribution in [-0.2, 0) is 0 Å². The lowest BCUT2D eigenvalue weighted by atomic mass is 10.1. The summed E-state index contributed by atoms with van der Waals surface area (Å²) in [4.78, 5) is 19.4. The predicted molar refractivity (Wildman–Crippen MR) is 112 cm³/mol. The molecular weight excluding hydrogens is 430 g/mol. The highest BCUT2D eigenvalue weighted by Crippen LogP contribution is 2.22. The summed E-state index contributed by atoms with van der Waals surface area (Å²) in [6, 6.07) is 13.8. The third-order valence-electron chi connectivity index (χ3n) is 4.43. The quantitative estimate of drug-likeness (QED) is 0.547. The number of carbonyl (C=O) groups is 1. The van der Waals surface area contributed by atoms with Crippen LogP contribution >= 0.6 is 17.0 Å². The lowest BCUT2D eigenvalue weighted by molar-refractivity contribution is -0.0498. The van der Waals surface area contributed by atoms with Gasteiger partial charge in [0.15, 0.2) is 5.78 Å². The van der Waals surface area contributed by atoms with Crippen LogP contribution in [0.4, 0.5) is 14.5 Å². The normalized spacial score (nSPS) is 13.5. The van der Waals surface area contributed by atoms with E-state index in [4.69, 9.17) is 0 Å². The van der Waals surface area contributed by atoms with Crippen molar-refractivity contribution in [2.75, 3.05) is 18.0 Å². The zero-order chi connectivity index (χ0) is 19.2. The summed E-state index contributed by atoms with van der Waals surface area (Å²) in [6.07, 6.45) is 2.95. The summed E-state index contributed by atoms with van der Waals surface area (Å²) in [5.41, 5.74) is 2.49. The zero-order valence-electron chi connectivity index (χ0n) is 15.6. The van der Waals surface area contributed by atoms with Crippen molar-refractivity contribution in [3.63, 3.8) is 0 Å². The van der Waals surface area contributed by atoms with Crippen molar-refractivity contribution in [3.8, 4) is 5.75 Å². The van der Waals surface area contributed by atoms with E-state index in [-0.39, 0.29) is 35.1 Å². The number of benzene rings is 2. The Morgan fingerprint density at radius 3 is 2.54 bits per heavy atom. The van der Waals surface area contributed by atoms with E-state index in [0.717, 1.165) is 42.9 Å². The first-order valence-electron chi connectivity index (χ1n) is 8.98. The number of hydrogen-bond acceptors (Lipinski definition) is 4. The molecule has 0 aromatic heterocycles. The largest absolute Gasteiger partial charge is 0.435 e. The summed E-state index contributed by atoms with van der Waals surface area (Å²) < 4.78 is 28.9. The molecule has 0 saturated heterocycles. The van der Waals surface area contributed by atoms with Crippen molar-refractivity contribution in [1.29, 1.82) is 0 Å². The molecule has 28 heavy (non-hydrogen) atoms. The van der Waals surface area contributed by atoms with E-state index in [1.165, 1.54) is 24.3 Å². The molecular formula is C21H23BrF2N2O2. The number of alkyl halides is 2. The number of rotatable bonds is 6. The number of hydrogen-bond donors (Lipinski definition) is 0. The van der Waals surface area contributed by atoms with Crippen LogP contribution in [0.5, 0.6) is 5.75 Å². The molecule has 0 amide bonds. The highest BCUT2D eigenvalue weighted by Gasteiger charge is 2.20. The van der Waals surface area contributed by atoms with Crippen molar-refractivity contribution in [2.24, 2.45) is 4.99 Å². The summed E-state index contributed by atoms with van der Waals surface area (Å²) in [6.45, 7) is 0.0456. The second kappa shape index (κ2) is 10.3. The molecule has 1 aliphatic heterocycles. The fourth-order valence-corrected chi connectivity index (χ4v) is 3.09. The van der Waals surface area contributed by atoms with Crippen LogP contribution in [0.3, 0.4) is 0 Å². The molecule has 0 aliphatic carbocycles. The first-order chi connectivity index (χ1) is 13.0. The van der Waals surface area contributed by atoms with Gasteiger partial charge in [-0.3, -0.25) is 9.79 Å². The Morgan fingerprint density at radius 1 is 1.18 bits per heavy atom. The van der Waals surface area contributed by atoms with Gasteiger partial charge in [0.2, 0.25) is 0 Å². The van der Waals surface area contributed by atoms with Crippen LogP contribution in [0.25, 0.3) is 0 Å². The minimum Gasteiger partial charge on any atom is -0.435 e. The van der Waals surface area contributed by atoms with Gasteiger partial charge in [-0.2, -0.15) is 8.78 Å². The number of carbonyl (C=O) groups excluding carboxylic acids is 1. The van der Waals surface area contributed by atoms with Crippen LogP contribution in [0.1, 0.15) is 35.2 Å². The molecule has 0 unspecified atom stereocenters. The molecule has 4 nitrogen and oxygen atoms in total. The third kappa shape index (κ3) is 5.86. The second-order valence-electron chi connectivity index (χ2n) is 6.51. The van der Waals surface area contributed by atoms with E-state index in [1.807, 2.05) is 36.1 Å². The van der Waals surface area contributed by atoms with Gasteiger partial charge in [-0.15, -0.1) is 17.0 Å². The Labute approximate surface area is 174 Å². The van der Waals surface area contributed by atoms with E-state index in [2.05, 4.69) is 9.73 Å². The van der Waals surface area contributed by atoms with Crippen LogP contribution in [0, 0.1) is 6.92 Å². The smallest absolute Gasteiger partial charge is 0.387 e. The predicted octanol–water partition coefficient (Wildman–Crippen LogP) is 5.45. The molecule has 0 spiro atoms. The third-order valence-corrected chi connectivity index (χ3v) is 4.43. The van der Waals surface area contributed by atoms with Crippen LogP contribution < -0.4 is 9.64 Å². The fourth-order valence-electron chi connectivity index (χ4n) is 3.09. The zero-order valence-corrected chi connectivity index (χ0v) is 17.3. The second-order valence-corrected chi connectivity index (χ2v) is 6.51. The number of ether oxygens (including phenoxy) is 1. The topological polar surface area (TPSA) is 41.9 Å². The molecule has 1 heterocycles. The molecule has 150 valence electrons. The maximum Gasteiger partial charge on any atom is 0.387 e. The molecule has 1 aliphatic rings. The minimum atomic E-state index is -2.88. The van der Waals surface area contributed by atoms with Crippen LogP contribution in [0.15, 0.2) is 53.5 Å². The van der Waals surface area contributed by atoms with E-state index in [9.17, 15) is 13.6 Å². The van der Waals surface area contributed by atoms with Gasteiger partial charge in [0, 0.05) is 24.2 Å². The van der Waals surface area contributed by atoms with Gasteiger partial charge < -0.3 is 9.64 Å². The van der Waals surface area contributed by atoms with E-state index in [1.54, 1.807) is 0 Å². The standard InChI is InChI=1S/C21H22F2N2O2.BrH/c1-15-5-4-6-17(13-15)25(20-7-2-3-12-24-20)14-19(26)16-8-10-18(11-9-16)27-21(22)23;/h4-6,8-11,13,21H,2-3,7,12,14H2,1H3;1H. The first-order valence-corrected chi connectivity index (χ1v) is 8.98. The fraction of sp³-hybridized carbons (Fsp3) is 0.333. The lowest BCUT2D eigenvalue weighted by Gasteiger charge is -2.28. The van der Waals surface area contributed by atoms with Crippen molar-refractivity contribution in [1.82, 2.24) is 0 Å². The van der Waals surface area contributed by atoms with Gasteiger partial charge in [-0.25, -0.2) is 0 Å². The average molecular weight is 453 g/mol. The average Bonchev–Trinajstić information content (AvgIpc) is 2.66. The van der Waals surface area contributed by atoms with Crippen LogP contribution in [0.2, 0.25) is 0 Å². The van der Waals surface area contributed by atoms with E-state index < -0.39 is 6.61 Å². The number of anilines is 1. The molecule has 0 radical (unpaired) electrons. The number of ketones is 1. The van der Waals surface area contributed by atoms with Crippen molar-refractivity contribution in [2.45, 2.75) is 32.8 Å². The molecule has 7 heteroatoms. The van der Waals surface area contributed by atoms with Crippen LogP contribution in [-0.4, -0.2) is 31.3 Å². The summed E-state index contributed by atoms with van der Waals surface area (Å²) in [5, 5.41) is 0. The van der Waals surface area contributed by atoms with Gasteiger partial charge in [0.05, 0.1) is 6.54 Å². The number of aliphatic imine (C=N–C) groups is 1. The Kier molecular flexibility index (Phi) is 8.11. The van der Waals surface area contributed by atoms with Gasteiger partial charge in [-0.1, -0.05) is 12.1 Å². The molecule has 0 atom stereocenters. The molecule has 3 rings (SSSR count). The molecule has 0 saturated carbocycles. The monoisotopic (exact) mass is 452 g/mol. The van der Waals surface area contributed by atoms with Gasteiger partial charge in [0.1, 0.15) is 11.6 Å². The van der Waals surface area contributed by atoms with Crippen molar-refractivity contribution in [3.05, 3.63) is 59.7 Å². The number of amidine groups is 1. The maximum atomic E-state index is 12.8. The van der Waals surface area contributed by atoms with Gasteiger partial charge >= 0.3 is 6.61 Å². The van der Waals surface area contributed by atoms with E-state index in [0.29, 0.717) is 5.56 Å². The van der Waals surface area contributed by atoms with E-state index >= 15 is 0 Å². The number of halogens is 3. The number of Topliss-reactive ketones (excluding diaryl/α,β-unsaturated/α-hetero) is 1. The van der Waals surface area contributed by atoms with Crippen molar-refractivity contribution >= 4 is 34.3 Å². The lowest BCUT2D eigenvalue weighted by Crippen LogP contribution is -2.37. The van der Waals surface area contributed by atoms with Crippen molar-refractivity contribution < 1.29 is 18.3 Å². The first kappa shape index (κ1) is 22.0. The highest BCUT2D eigenvalue weighted by molar-refractivity contribution is 8.93. The summed E-state index contributed by atoms with van der Waals surface area (Å²) in [7, 11) is 0. The Balaban J connectivity index is 0.00000280. The summed E-state index contributed by atoms with van der Waals surface area (Å²) in [5.74, 6) is 0.847. The molecule has 0 bridgehead atoms. The Hall–Kier alpha value is -2.28. The Morgan fingerprint density at radius 2 is 1.93 bits per heavy atom. The van der Waals surface area contributed by atoms with Gasteiger partial charge in [-0.05, 0) is 61.7 Å². The highest BCUT2D eigenvalue weighted by atomic mass is 79.9. The summed E-state index contributed by atoms with van der Waals surface area (Å²) >= 11 is 0. The SMILES string of the molecule is Br.Cc1cccc(N(CC(=O)c2ccc(OC(F)F)cc2)C2=NCCCC2)c1. The number of aryl methyl sites for hydroxylation is 1. The molecule has 0 fully saturated rings. The minimum absolute atomic E-state index is 0. The number of nitrogens with zero attached hydrogens (tertiary/aromatic N) is 2. The maximum absolute atomic E-state index is 12.8.